The zero-order valence-corrected chi connectivity index (χ0v) is 11.8. The average molecular weight is 274 g/mol. The van der Waals surface area contributed by atoms with E-state index in [1.165, 1.54) is 0 Å². The third-order valence-electron chi connectivity index (χ3n) is 2.19. The quantitative estimate of drug-likeness (QED) is 0.693. The summed E-state index contributed by atoms with van der Waals surface area (Å²) in [5.41, 5.74) is 0. The molecule has 1 aromatic rings. The van der Waals surface area contributed by atoms with Crippen molar-refractivity contribution < 1.29 is 4.74 Å². The summed E-state index contributed by atoms with van der Waals surface area (Å²) < 4.78 is 5.46. The van der Waals surface area contributed by atoms with Crippen LogP contribution in [0, 0.1) is 0 Å². The van der Waals surface area contributed by atoms with Crippen molar-refractivity contribution in [2.24, 2.45) is 0 Å². The molecule has 0 fully saturated rings. The zero-order valence-electron chi connectivity index (χ0n) is 11.0. The Bertz CT molecular complexity index is 361. The van der Waals surface area contributed by atoms with Crippen LogP contribution in [0.25, 0.3) is 0 Å². The molecule has 1 heterocycles. The van der Waals surface area contributed by atoms with E-state index < -0.39 is 0 Å². The lowest BCUT2D eigenvalue weighted by Gasteiger charge is -2.11. The van der Waals surface area contributed by atoms with E-state index in [4.69, 9.17) is 16.3 Å². The molecule has 0 atom stereocenters. The number of anilines is 2. The number of likely N-dealkylation sites (N-methyl/N-ethyl adjacent to an activating group) is 1. The van der Waals surface area contributed by atoms with E-state index in [1.807, 2.05) is 14.1 Å². The highest BCUT2D eigenvalue weighted by Gasteiger charge is 2.03. The number of ether oxygens (including phenoxy) is 1. The minimum atomic E-state index is 0.502. The first-order valence-electron chi connectivity index (χ1n) is 5.80. The van der Waals surface area contributed by atoms with E-state index >= 15 is 0 Å². The molecule has 0 spiro atoms. The molecule has 0 aliphatic heterocycles. The zero-order chi connectivity index (χ0) is 13.4. The SMILES string of the molecule is CNc1ncc(Cl)c(NCCOCCN(C)C)n1. The molecule has 0 aliphatic carbocycles. The van der Waals surface area contributed by atoms with Crippen LogP contribution in [0.5, 0.6) is 0 Å². The Kier molecular flexibility index (Phi) is 6.70. The summed E-state index contributed by atoms with van der Waals surface area (Å²) in [7, 11) is 5.79. The summed E-state index contributed by atoms with van der Waals surface area (Å²) in [4.78, 5) is 10.3. The first-order chi connectivity index (χ1) is 8.63. The van der Waals surface area contributed by atoms with Crippen molar-refractivity contribution in [3.63, 3.8) is 0 Å². The molecule has 0 radical (unpaired) electrons. The van der Waals surface area contributed by atoms with Crippen LogP contribution in [-0.2, 0) is 4.74 Å². The van der Waals surface area contributed by atoms with Gasteiger partial charge in [-0.3, -0.25) is 0 Å². The number of nitrogens with zero attached hydrogens (tertiary/aromatic N) is 3. The largest absolute Gasteiger partial charge is 0.378 e. The molecule has 0 bridgehead atoms. The highest BCUT2D eigenvalue weighted by atomic mass is 35.5. The fraction of sp³-hybridized carbons (Fsp3) is 0.636. The van der Waals surface area contributed by atoms with E-state index in [9.17, 15) is 0 Å². The second kappa shape index (κ2) is 8.07. The summed E-state index contributed by atoms with van der Waals surface area (Å²) in [5, 5.41) is 6.48. The maximum atomic E-state index is 5.97. The number of halogens is 1. The third-order valence-corrected chi connectivity index (χ3v) is 2.47. The van der Waals surface area contributed by atoms with E-state index in [-0.39, 0.29) is 0 Å². The molecule has 102 valence electrons. The number of rotatable bonds is 8. The standard InChI is InChI=1S/C11H20ClN5O/c1-13-11-15-8-9(12)10(16-11)14-4-6-18-7-5-17(2)3/h8H,4-7H2,1-3H3,(H2,13,14,15,16). The van der Waals surface area contributed by atoms with Crippen molar-refractivity contribution >= 4 is 23.4 Å². The Balaban J connectivity index is 2.26. The topological polar surface area (TPSA) is 62.3 Å². The molecule has 0 saturated carbocycles. The van der Waals surface area contributed by atoms with Crippen LogP contribution in [0.2, 0.25) is 5.02 Å². The van der Waals surface area contributed by atoms with E-state index in [2.05, 4.69) is 25.5 Å². The van der Waals surface area contributed by atoms with Crippen LogP contribution < -0.4 is 10.6 Å². The summed E-state index contributed by atoms with van der Waals surface area (Å²) in [5.74, 6) is 1.16. The minimum absolute atomic E-state index is 0.502. The Morgan fingerprint density at radius 3 is 2.83 bits per heavy atom. The molecule has 0 aliphatic rings. The van der Waals surface area contributed by atoms with Gasteiger partial charge in [0.2, 0.25) is 5.95 Å². The van der Waals surface area contributed by atoms with Gasteiger partial charge in [0.1, 0.15) is 5.02 Å². The van der Waals surface area contributed by atoms with Gasteiger partial charge < -0.3 is 20.3 Å². The molecule has 7 heteroatoms. The molecule has 0 aromatic carbocycles. The second-order valence-electron chi connectivity index (χ2n) is 3.98. The fourth-order valence-corrected chi connectivity index (χ4v) is 1.36. The van der Waals surface area contributed by atoms with E-state index in [0.717, 1.165) is 6.54 Å². The first-order valence-corrected chi connectivity index (χ1v) is 6.18. The van der Waals surface area contributed by atoms with E-state index in [0.29, 0.717) is 36.5 Å². The van der Waals surface area contributed by atoms with Gasteiger partial charge in [-0.25, -0.2) is 4.98 Å². The van der Waals surface area contributed by atoms with Crippen LogP contribution in [0.15, 0.2) is 6.20 Å². The van der Waals surface area contributed by atoms with Crippen LogP contribution >= 0.6 is 11.6 Å². The lowest BCUT2D eigenvalue weighted by Crippen LogP contribution is -2.20. The highest BCUT2D eigenvalue weighted by Crippen LogP contribution is 2.18. The predicted molar refractivity (Wildman–Crippen MR) is 74.5 cm³/mol. The predicted octanol–water partition coefficient (Wildman–Crippen LogP) is 1.16. The van der Waals surface area contributed by atoms with Crippen molar-refractivity contribution in [3.8, 4) is 0 Å². The summed E-state index contributed by atoms with van der Waals surface area (Å²) in [6.45, 7) is 2.91. The number of hydrogen-bond acceptors (Lipinski definition) is 6. The molecule has 2 N–H and O–H groups in total. The van der Waals surface area contributed by atoms with Crippen LogP contribution in [-0.4, -0.2) is 62.3 Å². The third kappa shape index (κ3) is 5.48. The Labute approximate surface area is 113 Å². The Morgan fingerprint density at radius 1 is 1.39 bits per heavy atom. The molecule has 1 rings (SSSR count). The van der Waals surface area contributed by atoms with Gasteiger partial charge in [0.15, 0.2) is 5.82 Å². The maximum absolute atomic E-state index is 5.97. The maximum Gasteiger partial charge on any atom is 0.224 e. The van der Waals surface area contributed by atoms with Crippen LogP contribution in [0.4, 0.5) is 11.8 Å². The summed E-state index contributed by atoms with van der Waals surface area (Å²) >= 11 is 5.97. The van der Waals surface area contributed by atoms with Gasteiger partial charge in [0, 0.05) is 20.1 Å². The monoisotopic (exact) mass is 273 g/mol. The Hall–Kier alpha value is -1.11. The average Bonchev–Trinajstić information content (AvgIpc) is 2.35. The molecule has 6 nitrogen and oxygen atoms in total. The van der Waals surface area contributed by atoms with Gasteiger partial charge in [-0.1, -0.05) is 11.6 Å². The smallest absolute Gasteiger partial charge is 0.224 e. The van der Waals surface area contributed by atoms with Gasteiger partial charge >= 0.3 is 0 Å². The lowest BCUT2D eigenvalue weighted by atomic mass is 10.5. The lowest BCUT2D eigenvalue weighted by molar-refractivity contribution is 0.126. The van der Waals surface area contributed by atoms with Crippen LogP contribution in [0.3, 0.4) is 0 Å². The van der Waals surface area contributed by atoms with Gasteiger partial charge in [0.05, 0.1) is 19.4 Å². The van der Waals surface area contributed by atoms with Gasteiger partial charge in [0.25, 0.3) is 0 Å². The molecular formula is C11H20ClN5O. The van der Waals surface area contributed by atoms with Gasteiger partial charge in [-0.15, -0.1) is 0 Å². The first kappa shape index (κ1) is 14.9. The van der Waals surface area contributed by atoms with Crippen molar-refractivity contribution in [1.82, 2.24) is 14.9 Å². The molecule has 0 unspecified atom stereocenters. The number of aromatic nitrogens is 2. The molecular weight excluding hydrogens is 254 g/mol. The van der Waals surface area contributed by atoms with Crippen molar-refractivity contribution in [3.05, 3.63) is 11.2 Å². The second-order valence-corrected chi connectivity index (χ2v) is 4.39. The van der Waals surface area contributed by atoms with Crippen molar-refractivity contribution in [2.75, 3.05) is 58.1 Å². The van der Waals surface area contributed by atoms with Crippen LogP contribution in [0.1, 0.15) is 0 Å². The van der Waals surface area contributed by atoms with E-state index in [1.54, 1.807) is 13.2 Å². The number of hydrogen-bond donors (Lipinski definition) is 2. The van der Waals surface area contributed by atoms with Gasteiger partial charge in [-0.05, 0) is 14.1 Å². The molecule has 18 heavy (non-hydrogen) atoms. The van der Waals surface area contributed by atoms with Crippen molar-refractivity contribution in [1.29, 1.82) is 0 Å². The van der Waals surface area contributed by atoms with Gasteiger partial charge in [-0.2, -0.15) is 4.98 Å². The molecule has 0 amide bonds. The normalized spacial score (nSPS) is 10.7. The highest BCUT2D eigenvalue weighted by molar-refractivity contribution is 6.32. The molecule has 0 saturated heterocycles. The van der Waals surface area contributed by atoms with Crippen molar-refractivity contribution in [2.45, 2.75) is 0 Å². The summed E-state index contributed by atoms with van der Waals surface area (Å²) in [6, 6.07) is 0. The number of nitrogens with one attached hydrogen (secondary N) is 2. The summed E-state index contributed by atoms with van der Waals surface area (Å²) in [6.07, 6.45) is 1.57. The molecule has 1 aromatic heterocycles. The Morgan fingerprint density at radius 2 is 2.17 bits per heavy atom. The fourth-order valence-electron chi connectivity index (χ4n) is 1.20. The minimum Gasteiger partial charge on any atom is -0.378 e.